The molecule has 1 aliphatic heterocycles. The second kappa shape index (κ2) is 7.06. The second-order valence-electron chi connectivity index (χ2n) is 6.62. The lowest BCUT2D eigenvalue weighted by Crippen LogP contribution is -2.42. The van der Waals surface area contributed by atoms with Crippen LogP contribution in [-0.2, 0) is 0 Å². The fourth-order valence-electron chi connectivity index (χ4n) is 3.46. The van der Waals surface area contributed by atoms with Crippen molar-refractivity contribution in [1.82, 2.24) is 24.9 Å². The molecular formula is C19H20N6O2. The number of likely N-dealkylation sites (tertiary alicyclic amines) is 1. The van der Waals surface area contributed by atoms with E-state index >= 15 is 0 Å². The normalized spacial score (nSPS) is 17.0. The minimum atomic E-state index is -0.290. The van der Waals surface area contributed by atoms with Gasteiger partial charge in [0.05, 0.1) is 17.4 Å². The van der Waals surface area contributed by atoms with Crippen LogP contribution in [0.25, 0.3) is 5.69 Å². The molecule has 0 saturated carbocycles. The number of benzene rings is 1. The second-order valence-corrected chi connectivity index (χ2v) is 6.62. The highest BCUT2D eigenvalue weighted by atomic mass is 16.2. The number of nitrogens with two attached hydrogens (primary N) is 1. The number of hydrogen-bond donors (Lipinski definition) is 2. The quantitative estimate of drug-likeness (QED) is 0.687. The van der Waals surface area contributed by atoms with Crippen molar-refractivity contribution in [3.8, 4) is 5.69 Å². The maximum Gasteiger partial charge on any atom is 0.271 e. The summed E-state index contributed by atoms with van der Waals surface area (Å²) in [6.45, 7) is 0.993. The number of H-pyrrole nitrogens is 1. The predicted octanol–water partition coefficient (Wildman–Crippen LogP) is 1.91. The van der Waals surface area contributed by atoms with Gasteiger partial charge in [0, 0.05) is 25.2 Å². The molecule has 1 saturated heterocycles. The zero-order chi connectivity index (χ0) is 18.8. The van der Waals surface area contributed by atoms with E-state index in [-0.39, 0.29) is 17.6 Å². The summed E-state index contributed by atoms with van der Waals surface area (Å²) in [5.74, 6) is -0.181. The Balaban J connectivity index is 1.53. The van der Waals surface area contributed by atoms with Crippen molar-refractivity contribution in [2.24, 2.45) is 5.92 Å². The number of carbonyl (C=O) groups is 2. The largest absolute Gasteiger partial charge is 0.383 e. The summed E-state index contributed by atoms with van der Waals surface area (Å²) in [5, 5.41) is 10.8. The van der Waals surface area contributed by atoms with E-state index in [1.54, 1.807) is 21.8 Å². The first-order chi connectivity index (χ1) is 13.1. The zero-order valence-corrected chi connectivity index (χ0v) is 14.7. The Bertz CT molecular complexity index is 948. The minimum absolute atomic E-state index is 0.0724. The molecule has 0 radical (unpaired) electrons. The molecule has 138 valence electrons. The van der Waals surface area contributed by atoms with Gasteiger partial charge in [-0.3, -0.25) is 14.7 Å². The first-order valence-corrected chi connectivity index (χ1v) is 8.87. The van der Waals surface area contributed by atoms with Crippen LogP contribution in [0.1, 0.15) is 33.7 Å². The molecule has 3 aromatic rings. The van der Waals surface area contributed by atoms with Crippen molar-refractivity contribution in [2.75, 3.05) is 18.8 Å². The molecule has 4 rings (SSSR count). The first-order valence-electron chi connectivity index (χ1n) is 8.87. The van der Waals surface area contributed by atoms with Gasteiger partial charge in [0.25, 0.3) is 5.91 Å². The lowest BCUT2D eigenvalue weighted by atomic mass is 9.90. The van der Waals surface area contributed by atoms with Gasteiger partial charge in [-0.15, -0.1) is 0 Å². The van der Waals surface area contributed by atoms with E-state index in [2.05, 4.69) is 15.3 Å². The van der Waals surface area contributed by atoms with E-state index in [0.29, 0.717) is 30.2 Å². The van der Waals surface area contributed by atoms with Crippen molar-refractivity contribution in [1.29, 1.82) is 0 Å². The topological polar surface area (TPSA) is 110 Å². The SMILES string of the molecule is Nc1c(C(=O)[C@@H]2CCCN(C(=O)c3ccn[nH]3)C2)cnn1-c1ccccc1. The van der Waals surface area contributed by atoms with Gasteiger partial charge in [0.1, 0.15) is 11.5 Å². The van der Waals surface area contributed by atoms with Gasteiger partial charge >= 0.3 is 0 Å². The Morgan fingerprint density at radius 1 is 1.19 bits per heavy atom. The first kappa shape index (κ1) is 17.0. The number of nitrogens with zero attached hydrogens (tertiary/aromatic N) is 4. The van der Waals surface area contributed by atoms with E-state index in [4.69, 9.17) is 5.73 Å². The summed E-state index contributed by atoms with van der Waals surface area (Å²) in [6, 6.07) is 11.1. The Hall–Kier alpha value is -3.42. The van der Waals surface area contributed by atoms with Crippen molar-refractivity contribution in [3.63, 3.8) is 0 Å². The molecule has 3 heterocycles. The summed E-state index contributed by atoms with van der Waals surface area (Å²) < 4.78 is 1.56. The van der Waals surface area contributed by atoms with E-state index < -0.39 is 0 Å². The number of rotatable bonds is 4. The molecule has 2 aromatic heterocycles. The van der Waals surface area contributed by atoms with Crippen LogP contribution in [0.2, 0.25) is 0 Å². The van der Waals surface area contributed by atoms with Gasteiger partial charge in [-0.2, -0.15) is 10.2 Å². The predicted molar refractivity (Wildman–Crippen MR) is 99.5 cm³/mol. The van der Waals surface area contributed by atoms with Crippen LogP contribution >= 0.6 is 0 Å². The monoisotopic (exact) mass is 364 g/mol. The Kier molecular flexibility index (Phi) is 4.45. The smallest absolute Gasteiger partial charge is 0.271 e. The van der Waals surface area contributed by atoms with Gasteiger partial charge in [-0.05, 0) is 31.0 Å². The lowest BCUT2D eigenvalue weighted by molar-refractivity contribution is 0.0632. The number of nitrogen functional groups attached to an aromatic ring is 1. The fourth-order valence-corrected chi connectivity index (χ4v) is 3.46. The number of nitrogens with one attached hydrogen (secondary N) is 1. The average molecular weight is 364 g/mol. The van der Waals surface area contributed by atoms with E-state index in [1.807, 2.05) is 30.3 Å². The van der Waals surface area contributed by atoms with Gasteiger partial charge in [-0.25, -0.2) is 4.68 Å². The number of ketones is 1. The molecule has 0 bridgehead atoms. The molecule has 8 heteroatoms. The molecule has 0 spiro atoms. The van der Waals surface area contributed by atoms with Crippen LogP contribution in [-0.4, -0.2) is 49.7 Å². The number of Topliss-reactive ketones (excluding diaryl/α,β-unsaturated/α-hetero) is 1. The third-order valence-corrected chi connectivity index (χ3v) is 4.88. The molecule has 1 atom stereocenters. The molecule has 1 amide bonds. The Morgan fingerprint density at radius 2 is 2.00 bits per heavy atom. The highest BCUT2D eigenvalue weighted by molar-refractivity contribution is 6.02. The number of carbonyl (C=O) groups excluding carboxylic acids is 2. The molecule has 27 heavy (non-hydrogen) atoms. The van der Waals surface area contributed by atoms with Crippen LogP contribution in [0.3, 0.4) is 0 Å². The van der Waals surface area contributed by atoms with Gasteiger partial charge in [0.15, 0.2) is 5.78 Å². The van der Waals surface area contributed by atoms with Crippen LogP contribution in [0.15, 0.2) is 48.8 Å². The molecule has 1 aliphatic rings. The average Bonchev–Trinajstić information content (AvgIpc) is 3.38. The number of piperidine rings is 1. The highest BCUT2D eigenvalue weighted by Gasteiger charge is 2.31. The third-order valence-electron chi connectivity index (χ3n) is 4.88. The van der Waals surface area contributed by atoms with Gasteiger partial charge in [-0.1, -0.05) is 18.2 Å². The van der Waals surface area contributed by atoms with Crippen LogP contribution in [0.4, 0.5) is 5.82 Å². The summed E-state index contributed by atoms with van der Waals surface area (Å²) in [4.78, 5) is 27.2. The van der Waals surface area contributed by atoms with E-state index in [0.717, 1.165) is 18.5 Å². The Morgan fingerprint density at radius 3 is 2.74 bits per heavy atom. The van der Waals surface area contributed by atoms with Crippen LogP contribution in [0.5, 0.6) is 0 Å². The maximum absolute atomic E-state index is 13.0. The molecule has 0 unspecified atom stereocenters. The number of aromatic amines is 1. The van der Waals surface area contributed by atoms with Gasteiger partial charge in [0.2, 0.25) is 0 Å². The summed E-state index contributed by atoms with van der Waals surface area (Å²) in [7, 11) is 0. The molecule has 8 nitrogen and oxygen atoms in total. The molecule has 1 fully saturated rings. The van der Waals surface area contributed by atoms with E-state index in [1.165, 1.54) is 6.20 Å². The van der Waals surface area contributed by atoms with Crippen molar-refractivity contribution in [2.45, 2.75) is 12.8 Å². The zero-order valence-electron chi connectivity index (χ0n) is 14.7. The summed E-state index contributed by atoms with van der Waals surface area (Å²) in [6.07, 6.45) is 4.55. The lowest BCUT2D eigenvalue weighted by Gasteiger charge is -2.31. The number of para-hydroxylation sites is 1. The fraction of sp³-hybridized carbons (Fsp3) is 0.263. The summed E-state index contributed by atoms with van der Waals surface area (Å²) in [5.41, 5.74) is 7.83. The van der Waals surface area contributed by atoms with Crippen molar-refractivity contribution < 1.29 is 9.59 Å². The number of hydrogen-bond acceptors (Lipinski definition) is 5. The van der Waals surface area contributed by atoms with Crippen molar-refractivity contribution >= 4 is 17.5 Å². The molecule has 0 aliphatic carbocycles. The summed E-state index contributed by atoms with van der Waals surface area (Å²) >= 11 is 0. The number of anilines is 1. The van der Waals surface area contributed by atoms with Crippen LogP contribution < -0.4 is 5.73 Å². The van der Waals surface area contributed by atoms with Crippen LogP contribution in [0, 0.1) is 5.92 Å². The standard InChI is InChI=1S/C19H20N6O2/c20-18-15(11-22-25(18)14-6-2-1-3-7-14)17(26)13-5-4-10-24(12-13)19(27)16-8-9-21-23-16/h1-3,6-9,11,13H,4-5,10,12,20H2,(H,21,23)/t13-/m1/s1. The number of amides is 1. The minimum Gasteiger partial charge on any atom is -0.383 e. The molecule has 3 N–H and O–H groups in total. The van der Waals surface area contributed by atoms with E-state index in [9.17, 15) is 9.59 Å². The number of aromatic nitrogens is 4. The molecular weight excluding hydrogens is 344 g/mol. The van der Waals surface area contributed by atoms with Crippen molar-refractivity contribution in [3.05, 3.63) is 60.0 Å². The Labute approximate surface area is 156 Å². The molecule has 1 aromatic carbocycles. The maximum atomic E-state index is 13.0. The van der Waals surface area contributed by atoms with Gasteiger partial charge < -0.3 is 10.6 Å². The third kappa shape index (κ3) is 3.21. The highest BCUT2D eigenvalue weighted by Crippen LogP contribution is 2.25.